The average Bonchev–Trinajstić information content (AvgIpc) is 3.02. The van der Waals surface area contributed by atoms with Crippen LogP contribution in [-0.2, 0) is 14.3 Å². The molecule has 0 aromatic carbocycles. The number of morpholine rings is 1. The predicted octanol–water partition coefficient (Wildman–Crippen LogP) is 1.31. The number of nitrogens with zero attached hydrogens (tertiary/aromatic N) is 1. The van der Waals surface area contributed by atoms with E-state index in [9.17, 15) is 4.79 Å². The van der Waals surface area contributed by atoms with E-state index >= 15 is 0 Å². The molecule has 5 heteroatoms. The van der Waals surface area contributed by atoms with Gasteiger partial charge in [-0.15, -0.1) is 0 Å². The Balaban J connectivity index is 1.68. The molecule has 4 unspecified atom stereocenters. The van der Waals surface area contributed by atoms with Crippen molar-refractivity contribution in [3.8, 4) is 0 Å². The lowest BCUT2D eigenvalue weighted by molar-refractivity contribution is -0.149. The zero-order valence-corrected chi connectivity index (χ0v) is 13.4. The van der Waals surface area contributed by atoms with E-state index in [1.54, 1.807) is 0 Å². The van der Waals surface area contributed by atoms with Crippen LogP contribution in [0.4, 0.5) is 0 Å². The SMILES string of the molecule is COC(=O)C1(NC(C)C)CCC(N2CC3CCC(C2)O3)C1. The minimum absolute atomic E-state index is 0.102. The Labute approximate surface area is 127 Å². The third-order valence-electron chi connectivity index (χ3n) is 5.22. The molecule has 0 spiro atoms. The normalized spacial score (nSPS) is 39.9. The summed E-state index contributed by atoms with van der Waals surface area (Å²) in [5.41, 5.74) is -0.495. The maximum atomic E-state index is 12.3. The smallest absolute Gasteiger partial charge is 0.326 e. The molecule has 2 saturated heterocycles. The number of methoxy groups -OCH3 is 1. The summed E-state index contributed by atoms with van der Waals surface area (Å²) in [6, 6.07) is 0.756. The van der Waals surface area contributed by atoms with Gasteiger partial charge in [-0.05, 0) is 46.0 Å². The number of nitrogens with one attached hydrogen (secondary N) is 1. The molecule has 3 fully saturated rings. The van der Waals surface area contributed by atoms with Crippen LogP contribution in [0.1, 0.15) is 46.0 Å². The van der Waals surface area contributed by atoms with Crippen LogP contribution >= 0.6 is 0 Å². The van der Waals surface area contributed by atoms with Crippen LogP contribution in [0.5, 0.6) is 0 Å². The molecule has 2 heterocycles. The first-order chi connectivity index (χ1) is 10.0. The number of ether oxygens (including phenoxy) is 2. The minimum atomic E-state index is -0.495. The maximum absolute atomic E-state index is 12.3. The van der Waals surface area contributed by atoms with Crippen molar-refractivity contribution in [1.82, 2.24) is 10.2 Å². The largest absolute Gasteiger partial charge is 0.468 e. The second kappa shape index (κ2) is 5.86. The predicted molar refractivity (Wildman–Crippen MR) is 80.1 cm³/mol. The summed E-state index contributed by atoms with van der Waals surface area (Å²) in [5.74, 6) is -0.102. The van der Waals surface area contributed by atoms with Gasteiger partial charge in [0.1, 0.15) is 5.54 Å². The first-order valence-electron chi connectivity index (χ1n) is 8.28. The van der Waals surface area contributed by atoms with Crippen molar-refractivity contribution in [2.45, 2.75) is 75.8 Å². The highest BCUT2D eigenvalue weighted by molar-refractivity contribution is 5.81. The van der Waals surface area contributed by atoms with Gasteiger partial charge >= 0.3 is 5.97 Å². The average molecular weight is 296 g/mol. The topological polar surface area (TPSA) is 50.8 Å². The molecule has 2 aliphatic heterocycles. The Morgan fingerprint density at radius 1 is 1.29 bits per heavy atom. The lowest BCUT2D eigenvalue weighted by Gasteiger charge is -2.37. The highest BCUT2D eigenvalue weighted by Crippen LogP contribution is 2.37. The summed E-state index contributed by atoms with van der Waals surface area (Å²) < 4.78 is 11.0. The Kier molecular flexibility index (Phi) is 4.26. The van der Waals surface area contributed by atoms with Gasteiger partial charge in [0.05, 0.1) is 19.3 Å². The monoisotopic (exact) mass is 296 g/mol. The number of esters is 1. The number of carbonyl (C=O) groups is 1. The molecule has 1 aliphatic carbocycles. The van der Waals surface area contributed by atoms with E-state index in [1.165, 1.54) is 20.0 Å². The molecule has 120 valence electrons. The van der Waals surface area contributed by atoms with Crippen LogP contribution in [-0.4, -0.2) is 60.9 Å². The fourth-order valence-corrected chi connectivity index (χ4v) is 4.40. The summed E-state index contributed by atoms with van der Waals surface area (Å²) in [5, 5.41) is 3.48. The maximum Gasteiger partial charge on any atom is 0.326 e. The van der Waals surface area contributed by atoms with Gasteiger partial charge < -0.3 is 9.47 Å². The van der Waals surface area contributed by atoms with Gasteiger partial charge in [-0.2, -0.15) is 0 Å². The van der Waals surface area contributed by atoms with E-state index < -0.39 is 5.54 Å². The highest BCUT2D eigenvalue weighted by Gasteiger charge is 2.49. The summed E-state index contributed by atoms with van der Waals surface area (Å²) in [4.78, 5) is 14.9. The van der Waals surface area contributed by atoms with Gasteiger partial charge in [0.15, 0.2) is 0 Å². The molecule has 0 aromatic heterocycles. The molecule has 0 aromatic rings. The van der Waals surface area contributed by atoms with Crippen LogP contribution in [0, 0.1) is 0 Å². The van der Waals surface area contributed by atoms with Gasteiger partial charge in [-0.25, -0.2) is 0 Å². The number of fused-ring (bicyclic) bond motifs is 2. The van der Waals surface area contributed by atoms with Crippen LogP contribution in [0.15, 0.2) is 0 Å². The van der Waals surface area contributed by atoms with Crippen LogP contribution < -0.4 is 5.32 Å². The van der Waals surface area contributed by atoms with Crippen molar-refractivity contribution in [3.05, 3.63) is 0 Å². The Morgan fingerprint density at radius 2 is 1.95 bits per heavy atom. The third kappa shape index (κ3) is 2.96. The van der Waals surface area contributed by atoms with Gasteiger partial charge in [0.25, 0.3) is 0 Å². The molecule has 3 aliphatic rings. The molecule has 4 atom stereocenters. The van der Waals surface area contributed by atoms with Crippen molar-refractivity contribution in [2.75, 3.05) is 20.2 Å². The summed E-state index contributed by atoms with van der Waals surface area (Å²) >= 11 is 0. The van der Waals surface area contributed by atoms with Crippen molar-refractivity contribution >= 4 is 5.97 Å². The van der Waals surface area contributed by atoms with E-state index in [0.717, 1.165) is 32.4 Å². The van der Waals surface area contributed by atoms with Crippen molar-refractivity contribution < 1.29 is 14.3 Å². The van der Waals surface area contributed by atoms with Crippen molar-refractivity contribution in [2.24, 2.45) is 0 Å². The van der Waals surface area contributed by atoms with E-state index in [4.69, 9.17) is 9.47 Å². The highest BCUT2D eigenvalue weighted by atomic mass is 16.5. The van der Waals surface area contributed by atoms with E-state index in [0.29, 0.717) is 18.2 Å². The van der Waals surface area contributed by atoms with E-state index in [2.05, 4.69) is 24.1 Å². The lowest BCUT2D eigenvalue weighted by atomic mass is 9.96. The van der Waals surface area contributed by atoms with Crippen LogP contribution in [0.3, 0.4) is 0 Å². The van der Waals surface area contributed by atoms with Gasteiger partial charge in [-0.3, -0.25) is 15.0 Å². The van der Waals surface area contributed by atoms with E-state index in [1.807, 2.05) is 0 Å². The first kappa shape index (κ1) is 15.3. The molecule has 0 amide bonds. The van der Waals surface area contributed by atoms with Crippen molar-refractivity contribution in [3.63, 3.8) is 0 Å². The van der Waals surface area contributed by atoms with Crippen molar-refractivity contribution in [1.29, 1.82) is 0 Å². The standard InChI is InChI=1S/C16H28N2O3/c1-11(2)17-16(15(19)20-3)7-6-12(8-16)18-9-13-4-5-14(10-18)21-13/h11-14,17H,4-10H2,1-3H3. The number of hydrogen-bond donors (Lipinski definition) is 1. The third-order valence-corrected chi connectivity index (χ3v) is 5.22. The molecule has 5 nitrogen and oxygen atoms in total. The van der Waals surface area contributed by atoms with Crippen LogP contribution in [0.25, 0.3) is 0 Å². The molecule has 0 radical (unpaired) electrons. The first-order valence-corrected chi connectivity index (χ1v) is 8.28. The molecule has 1 saturated carbocycles. The van der Waals surface area contributed by atoms with Gasteiger partial charge in [0.2, 0.25) is 0 Å². The Bertz CT molecular complexity index is 389. The fourth-order valence-electron chi connectivity index (χ4n) is 4.40. The molecular formula is C16H28N2O3. The molecular weight excluding hydrogens is 268 g/mol. The molecule has 1 N–H and O–H groups in total. The Hall–Kier alpha value is -0.650. The lowest BCUT2D eigenvalue weighted by Crippen LogP contribution is -2.55. The molecule has 21 heavy (non-hydrogen) atoms. The zero-order valence-electron chi connectivity index (χ0n) is 13.4. The fraction of sp³-hybridized carbons (Fsp3) is 0.938. The quantitative estimate of drug-likeness (QED) is 0.793. The summed E-state index contributed by atoms with van der Waals surface area (Å²) in [6.45, 7) is 6.24. The minimum Gasteiger partial charge on any atom is -0.468 e. The number of rotatable bonds is 4. The second-order valence-electron chi connectivity index (χ2n) is 7.18. The summed E-state index contributed by atoms with van der Waals surface area (Å²) in [6.07, 6.45) is 6.01. The Morgan fingerprint density at radius 3 is 2.52 bits per heavy atom. The number of likely N-dealkylation sites (tertiary alicyclic amines) is 1. The number of hydrogen-bond acceptors (Lipinski definition) is 5. The molecule has 3 rings (SSSR count). The van der Waals surface area contributed by atoms with Gasteiger partial charge in [0, 0.05) is 25.2 Å². The molecule has 2 bridgehead atoms. The second-order valence-corrected chi connectivity index (χ2v) is 7.18. The van der Waals surface area contributed by atoms with Crippen LogP contribution in [0.2, 0.25) is 0 Å². The van der Waals surface area contributed by atoms with Gasteiger partial charge in [-0.1, -0.05) is 0 Å². The summed E-state index contributed by atoms with van der Waals surface area (Å²) in [7, 11) is 1.49. The zero-order chi connectivity index (χ0) is 15.0. The number of carbonyl (C=O) groups excluding carboxylic acids is 1. The van der Waals surface area contributed by atoms with E-state index in [-0.39, 0.29) is 12.0 Å².